The summed E-state index contributed by atoms with van der Waals surface area (Å²) in [6, 6.07) is 20.1. The summed E-state index contributed by atoms with van der Waals surface area (Å²) in [6.07, 6.45) is 0. The van der Waals surface area contributed by atoms with Crippen LogP contribution in [0.3, 0.4) is 0 Å². The molecule has 5 heteroatoms. The maximum absolute atomic E-state index is 8.14. The topological polar surface area (TPSA) is 9.72 Å². The highest BCUT2D eigenvalue weighted by Crippen LogP contribution is 2.27. The average molecular weight is 466 g/mol. The van der Waals surface area contributed by atoms with Crippen molar-refractivity contribution in [3.05, 3.63) is 71.3 Å². The van der Waals surface area contributed by atoms with Crippen molar-refractivity contribution < 1.29 is 0 Å². The van der Waals surface area contributed by atoms with Crippen LogP contribution in [0.15, 0.2) is 54.6 Å². The number of anilines is 3. The minimum atomic E-state index is -2.95. The molecule has 3 nitrogen and oxygen atoms in total. The van der Waals surface area contributed by atoms with Crippen molar-refractivity contribution in [1.29, 1.82) is 0 Å². The van der Waals surface area contributed by atoms with Crippen LogP contribution in [0.4, 0.5) is 17.1 Å². The summed E-state index contributed by atoms with van der Waals surface area (Å²) >= 11 is 8.14. The van der Waals surface area contributed by atoms with Gasteiger partial charge in [0.05, 0.1) is 0 Å². The number of benzene rings is 3. The fourth-order valence-corrected chi connectivity index (χ4v) is 9.87. The number of aryl methyl sites for hydroxylation is 3. The lowest BCUT2D eigenvalue weighted by molar-refractivity contribution is 1.13. The van der Waals surface area contributed by atoms with Crippen LogP contribution in [0.2, 0.25) is 0 Å². The van der Waals surface area contributed by atoms with Crippen molar-refractivity contribution in [3.8, 4) is 0 Å². The standard InChI is InChI=1S/C27H36ClN3Si/c1-19-10-13-22(29(4)5)25(16-19)32(28,26-17-20(2)11-14-23(26)30(6)7)27-18-21(3)12-15-24(27)31(8)9/h10-18H,1-9H3. The van der Waals surface area contributed by atoms with Gasteiger partial charge in [0.15, 0.2) is 0 Å². The number of rotatable bonds is 6. The summed E-state index contributed by atoms with van der Waals surface area (Å²) in [5.74, 6) is 0. The first-order valence-electron chi connectivity index (χ1n) is 11.0. The predicted molar refractivity (Wildman–Crippen MR) is 147 cm³/mol. The highest BCUT2D eigenvalue weighted by Gasteiger charge is 2.44. The van der Waals surface area contributed by atoms with Crippen LogP contribution >= 0.6 is 11.1 Å². The smallest absolute Gasteiger partial charge is 0.254 e. The molecule has 32 heavy (non-hydrogen) atoms. The molecule has 0 fully saturated rings. The Bertz CT molecular complexity index is 982. The minimum absolute atomic E-state index is 1.18. The van der Waals surface area contributed by atoms with Gasteiger partial charge in [-0.25, -0.2) is 0 Å². The van der Waals surface area contributed by atoms with Crippen LogP contribution in [0.1, 0.15) is 16.7 Å². The summed E-state index contributed by atoms with van der Waals surface area (Å²) in [5.41, 5.74) is 7.20. The van der Waals surface area contributed by atoms with Gasteiger partial charge in [-0.1, -0.05) is 53.1 Å². The lowest BCUT2D eigenvalue weighted by atomic mass is 10.2. The number of halogens is 1. The quantitative estimate of drug-likeness (QED) is 0.309. The Morgan fingerprint density at radius 1 is 0.500 bits per heavy atom. The third-order valence-corrected chi connectivity index (χ3v) is 11.3. The highest BCUT2D eigenvalue weighted by molar-refractivity contribution is 7.41. The Morgan fingerprint density at radius 2 is 0.750 bits per heavy atom. The van der Waals surface area contributed by atoms with Gasteiger partial charge in [-0.05, 0) is 54.5 Å². The number of nitrogens with zero attached hydrogens (tertiary/aromatic N) is 3. The Morgan fingerprint density at radius 3 is 0.969 bits per heavy atom. The zero-order valence-corrected chi connectivity index (χ0v) is 22.7. The van der Waals surface area contributed by atoms with Crippen molar-refractivity contribution in [2.24, 2.45) is 0 Å². The molecule has 0 saturated heterocycles. The van der Waals surface area contributed by atoms with Gasteiger partial charge >= 0.3 is 0 Å². The van der Waals surface area contributed by atoms with E-state index in [1.54, 1.807) is 0 Å². The van der Waals surface area contributed by atoms with Crippen LogP contribution < -0.4 is 30.3 Å². The summed E-state index contributed by atoms with van der Waals surface area (Å²) in [5, 5.41) is 3.68. The van der Waals surface area contributed by atoms with E-state index in [9.17, 15) is 0 Å². The number of hydrogen-bond acceptors (Lipinski definition) is 3. The second-order valence-corrected chi connectivity index (χ2v) is 14.0. The van der Waals surface area contributed by atoms with Gasteiger partial charge in [-0.15, -0.1) is 11.1 Å². The third kappa shape index (κ3) is 4.39. The Labute approximate surface area is 199 Å². The molecule has 3 aromatic carbocycles. The van der Waals surface area contributed by atoms with Gasteiger partial charge in [0.1, 0.15) is 0 Å². The maximum Gasteiger partial charge on any atom is 0.254 e. The normalized spacial score (nSPS) is 11.4. The molecule has 0 spiro atoms. The van der Waals surface area contributed by atoms with Crippen molar-refractivity contribution in [1.82, 2.24) is 0 Å². The predicted octanol–water partition coefficient (Wildman–Crippen LogP) is 4.02. The van der Waals surface area contributed by atoms with Crippen molar-refractivity contribution in [2.45, 2.75) is 20.8 Å². The fourth-order valence-electron chi connectivity index (χ4n) is 4.38. The molecule has 3 rings (SSSR count). The molecule has 0 aliphatic carbocycles. The second-order valence-electron chi connectivity index (χ2n) is 9.40. The molecule has 0 N–H and O–H groups in total. The molecule has 0 atom stereocenters. The first kappa shape index (κ1) is 24.2. The van der Waals surface area contributed by atoms with Crippen molar-refractivity contribution >= 4 is 51.1 Å². The van der Waals surface area contributed by atoms with Crippen molar-refractivity contribution in [2.75, 3.05) is 57.0 Å². The monoisotopic (exact) mass is 465 g/mol. The van der Waals surface area contributed by atoms with Gasteiger partial charge in [0.2, 0.25) is 0 Å². The van der Waals surface area contributed by atoms with Crippen LogP contribution in [0.5, 0.6) is 0 Å². The van der Waals surface area contributed by atoms with Gasteiger partial charge in [0.25, 0.3) is 7.38 Å². The fraction of sp³-hybridized carbons (Fsp3) is 0.333. The van der Waals surface area contributed by atoms with Gasteiger partial charge in [0, 0.05) is 59.3 Å². The van der Waals surface area contributed by atoms with E-state index in [0.717, 1.165) is 0 Å². The first-order chi connectivity index (χ1) is 15.0. The highest BCUT2D eigenvalue weighted by atomic mass is 35.6. The minimum Gasteiger partial charge on any atom is -0.378 e. The van der Waals surface area contributed by atoms with Crippen LogP contribution in [-0.2, 0) is 0 Å². The lowest BCUT2D eigenvalue weighted by Crippen LogP contribution is -2.65. The second kappa shape index (κ2) is 9.20. The average Bonchev–Trinajstić information content (AvgIpc) is 2.72. The molecule has 0 aliphatic rings. The van der Waals surface area contributed by atoms with Gasteiger partial charge in [-0.2, -0.15) is 0 Å². The van der Waals surface area contributed by atoms with Crippen molar-refractivity contribution in [3.63, 3.8) is 0 Å². The molecular weight excluding hydrogens is 430 g/mol. The Hall–Kier alpha value is -2.43. The molecule has 0 radical (unpaired) electrons. The first-order valence-corrected chi connectivity index (χ1v) is 14.0. The maximum atomic E-state index is 8.14. The van der Waals surface area contributed by atoms with Crippen LogP contribution in [-0.4, -0.2) is 49.7 Å². The van der Waals surface area contributed by atoms with E-state index in [4.69, 9.17) is 11.1 Å². The summed E-state index contributed by atoms with van der Waals surface area (Å²) in [7, 11) is 9.67. The lowest BCUT2D eigenvalue weighted by Gasteiger charge is -2.36. The van der Waals surface area contributed by atoms with Crippen LogP contribution in [0.25, 0.3) is 0 Å². The van der Waals surface area contributed by atoms with E-state index in [-0.39, 0.29) is 0 Å². The molecule has 3 aromatic rings. The number of hydrogen-bond donors (Lipinski definition) is 0. The molecule has 0 aliphatic heterocycles. The largest absolute Gasteiger partial charge is 0.378 e. The molecule has 0 amide bonds. The summed E-state index contributed by atoms with van der Waals surface area (Å²) in [4.78, 5) is 6.57. The summed E-state index contributed by atoms with van der Waals surface area (Å²) < 4.78 is 0. The third-order valence-electron chi connectivity index (χ3n) is 6.01. The molecular formula is C27H36ClN3Si. The Balaban J connectivity index is 2.56. The zero-order chi connectivity index (χ0) is 23.8. The summed E-state index contributed by atoms with van der Waals surface area (Å²) in [6.45, 7) is 6.46. The molecule has 0 heterocycles. The molecule has 0 saturated carbocycles. The molecule has 0 unspecified atom stereocenters. The van der Waals surface area contributed by atoms with E-state index in [1.807, 2.05) is 0 Å². The molecule has 0 aromatic heterocycles. The zero-order valence-electron chi connectivity index (χ0n) is 20.9. The molecule has 170 valence electrons. The van der Waals surface area contributed by atoms with Gasteiger partial charge in [-0.3, -0.25) is 0 Å². The van der Waals surface area contributed by atoms with E-state index in [1.165, 1.54) is 49.3 Å². The SMILES string of the molecule is Cc1ccc(N(C)C)c([Si](Cl)(c2cc(C)ccc2N(C)C)c2cc(C)ccc2N(C)C)c1. The van der Waals surface area contributed by atoms with E-state index >= 15 is 0 Å². The van der Waals surface area contributed by atoms with E-state index in [2.05, 4.69) is 132 Å². The molecule has 0 bridgehead atoms. The Kier molecular flexibility index (Phi) is 6.96. The van der Waals surface area contributed by atoms with E-state index < -0.39 is 7.38 Å². The van der Waals surface area contributed by atoms with E-state index in [0.29, 0.717) is 0 Å². The van der Waals surface area contributed by atoms with Gasteiger partial charge < -0.3 is 14.7 Å². The van der Waals surface area contributed by atoms with Crippen LogP contribution in [0, 0.1) is 20.8 Å².